The second-order valence-electron chi connectivity index (χ2n) is 6.04. The normalized spacial score (nSPS) is 17.2. The highest BCUT2D eigenvalue weighted by Crippen LogP contribution is 2.19. The number of sulfonamides is 1. The molecule has 3 N–H and O–H groups in total. The van der Waals surface area contributed by atoms with Crippen LogP contribution in [0.2, 0.25) is 0 Å². The number of hydrogen-bond acceptors (Lipinski definition) is 4. The quantitative estimate of drug-likeness (QED) is 0.740. The van der Waals surface area contributed by atoms with Crippen LogP contribution in [-0.2, 0) is 14.8 Å². The van der Waals surface area contributed by atoms with Gasteiger partial charge in [0.1, 0.15) is 0 Å². The molecule has 1 fully saturated rings. The number of anilines is 2. The van der Waals surface area contributed by atoms with E-state index in [-0.39, 0.29) is 16.8 Å². The molecule has 1 aliphatic rings. The van der Waals surface area contributed by atoms with Crippen molar-refractivity contribution in [3.05, 3.63) is 54.6 Å². The molecule has 0 spiro atoms. The first-order valence-corrected chi connectivity index (χ1v) is 9.72. The number of rotatable bonds is 6. The monoisotopic (exact) mass is 359 g/mol. The van der Waals surface area contributed by atoms with Crippen LogP contribution in [0.5, 0.6) is 0 Å². The summed E-state index contributed by atoms with van der Waals surface area (Å²) in [5, 5.41) is 6.04. The standard InChI is InChI=1S/C18H21N3O3S/c22-18(13-15-9-5-11-19-15)20-16-8-4-10-17(12-16)25(23,24)21-14-6-2-1-3-7-14/h1-4,6-8,10,12,15,19,21H,5,9,11,13H2,(H,20,22). The molecule has 6 nitrogen and oxygen atoms in total. The third kappa shape index (κ3) is 4.80. The van der Waals surface area contributed by atoms with E-state index in [1.807, 2.05) is 6.07 Å². The van der Waals surface area contributed by atoms with Crippen molar-refractivity contribution >= 4 is 27.3 Å². The number of carbonyl (C=O) groups excluding carboxylic acids is 1. The number of amides is 1. The van der Waals surface area contributed by atoms with Crippen LogP contribution in [0.25, 0.3) is 0 Å². The van der Waals surface area contributed by atoms with Crippen LogP contribution < -0.4 is 15.4 Å². The first-order valence-electron chi connectivity index (χ1n) is 8.24. The lowest BCUT2D eigenvalue weighted by Crippen LogP contribution is -2.27. The zero-order valence-electron chi connectivity index (χ0n) is 13.7. The summed E-state index contributed by atoms with van der Waals surface area (Å²) in [6.07, 6.45) is 2.46. The van der Waals surface area contributed by atoms with Crippen molar-refractivity contribution in [2.45, 2.75) is 30.2 Å². The van der Waals surface area contributed by atoms with Gasteiger partial charge in [0.2, 0.25) is 5.91 Å². The third-order valence-corrected chi connectivity index (χ3v) is 5.43. The third-order valence-electron chi connectivity index (χ3n) is 4.05. The Kier molecular flexibility index (Phi) is 5.35. The maximum absolute atomic E-state index is 12.5. The molecule has 0 aromatic heterocycles. The van der Waals surface area contributed by atoms with Gasteiger partial charge in [0, 0.05) is 23.8 Å². The molecule has 1 unspecified atom stereocenters. The lowest BCUT2D eigenvalue weighted by Gasteiger charge is -2.12. The van der Waals surface area contributed by atoms with Gasteiger partial charge in [-0.3, -0.25) is 9.52 Å². The molecule has 2 aromatic carbocycles. The summed E-state index contributed by atoms with van der Waals surface area (Å²) in [5.74, 6) is -0.120. The summed E-state index contributed by atoms with van der Waals surface area (Å²) in [5.41, 5.74) is 0.961. The van der Waals surface area contributed by atoms with Crippen LogP contribution in [0, 0.1) is 0 Å². The van der Waals surface area contributed by atoms with E-state index in [0.29, 0.717) is 17.8 Å². The molecule has 0 aliphatic carbocycles. The highest BCUT2D eigenvalue weighted by molar-refractivity contribution is 7.92. The van der Waals surface area contributed by atoms with Crippen LogP contribution in [0.1, 0.15) is 19.3 Å². The summed E-state index contributed by atoms with van der Waals surface area (Å²) in [6, 6.07) is 15.1. The minimum absolute atomic E-state index is 0.105. The molecule has 1 amide bonds. The van der Waals surface area contributed by atoms with Crippen molar-refractivity contribution in [2.75, 3.05) is 16.6 Å². The minimum Gasteiger partial charge on any atom is -0.326 e. The lowest BCUT2D eigenvalue weighted by atomic mass is 10.1. The second-order valence-corrected chi connectivity index (χ2v) is 7.73. The summed E-state index contributed by atoms with van der Waals surface area (Å²) in [4.78, 5) is 12.2. The van der Waals surface area contributed by atoms with E-state index in [9.17, 15) is 13.2 Å². The molecule has 0 saturated carbocycles. The van der Waals surface area contributed by atoms with E-state index < -0.39 is 10.0 Å². The fourth-order valence-corrected chi connectivity index (χ4v) is 3.93. The average Bonchev–Trinajstić information content (AvgIpc) is 3.08. The van der Waals surface area contributed by atoms with Crippen LogP contribution in [0.3, 0.4) is 0 Å². The van der Waals surface area contributed by atoms with E-state index >= 15 is 0 Å². The molecular weight excluding hydrogens is 338 g/mol. The number of nitrogens with one attached hydrogen (secondary N) is 3. The summed E-state index contributed by atoms with van der Waals surface area (Å²) in [6.45, 7) is 0.941. The predicted molar refractivity (Wildman–Crippen MR) is 98.0 cm³/mol. The van der Waals surface area contributed by atoms with Gasteiger partial charge < -0.3 is 10.6 Å². The zero-order valence-corrected chi connectivity index (χ0v) is 14.6. The highest BCUT2D eigenvalue weighted by Gasteiger charge is 2.19. The smallest absolute Gasteiger partial charge is 0.261 e. The molecule has 7 heteroatoms. The molecular formula is C18H21N3O3S. The van der Waals surface area contributed by atoms with Crippen LogP contribution in [0.15, 0.2) is 59.5 Å². The Hall–Kier alpha value is -2.38. The Morgan fingerprint density at radius 2 is 1.84 bits per heavy atom. The molecule has 25 heavy (non-hydrogen) atoms. The van der Waals surface area contributed by atoms with E-state index in [1.54, 1.807) is 36.4 Å². The molecule has 3 rings (SSSR count). The Bertz CT molecular complexity index is 832. The largest absolute Gasteiger partial charge is 0.326 e. The van der Waals surface area contributed by atoms with Crippen LogP contribution >= 0.6 is 0 Å². The Morgan fingerprint density at radius 3 is 2.56 bits per heavy atom. The van der Waals surface area contributed by atoms with Gasteiger partial charge in [0.25, 0.3) is 10.0 Å². The zero-order chi connectivity index (χ0) is 17.7. The van der Waals surface area contributed by atoms with Crippen molar-refractivity contribution in [3.8, 4) is 0 Å². The molecule has 1 aliphatic heterocycles. The average molecular weight is 359 g/mol. The Balaban J connectivity index is 1.68. The molecule has 132 valence electrons. The van der Waals surface area contributed by atoms with Crippen molar-refractivity contribution in [1.82, 2.24) is 5.32 Å². The van der Waals surface area contributed by atoms with Crippen LogP contribution in [-0.4, -0.2) is 26.9 Å². The summed E-state index contributed by atoms with van der Waals surface area (Å²) < 4.78 is 27.5. The van der Waals surface area contributed by atoms with Gasteiger partial charge in [-0.2, -0.15) is 0 Å². The van der Waals surface area contributed by atoms with Gasteiger partial charge in [0.05, 0.1) is 4.90 Å². The minimum atomic E-state index is -3.71. The molecule has 1 atom stereocenters. The number of para-hydroxylation sites is 1. The SMILES string of the molecule is O=C(CC1CCCN1)Nc1cccc(S(=O)(=O)Nc2ccccc2)c1. The Labute approximate surface area is 147 Å². The van der Waals surface area contributed by atoms with Crippen molar-refractivity contribution in [3.63, 3.8) is 0 Å². The van der Waals surface area contributed by atoms with Crippen LogP contribution in [0.4, 0.5) is 11.4 Å². The molecule has 0 bridgehead atoms. The predicted octanol–water partition coefficient (Wildman–Crippen LogP) is 2.57. The highest BCUT2D eigenvalue weighted by atomic mass is 32.2. The molecule has 1 saturated heterocycles. The van der Waals surface area contributed by atoms with Gasteiger partial charge in [0.15, 0.2) is 0 Å². The maximum Gasteiger partial charge on any atom is 0.261 e. The summed E-state index contributed by atoms with van der Waals surface area (Å²) >= 11 is 0. The van der Waals surface area contributed by atoms with E-state index in [4.69, 9.17) is 0 Å². The topological polar surface area (TPSA) is 87.3 Å². The van der Waals surface area contributed by atoms with Gasteiger partial charge in [-0.1, -0.05) is 24.3 Å². The first kappa shape index (κ1) is 17.4. The second kappa shape index (κ2) is 7.67. The van der Waals surface area contributed by atoms with Crippen molar-refractivity contribution in [1.29, 1.82) is 0 Å². The molecule has 0 radical (unpaired) electrons. The number of benzene rings is 2. The van der Waals surface area contributed by atoms with Gasteiger partial charge in [-0.25, -0.2) is 8.42 Å². The van der Waals surface area contributed by atoms with Gasteiger partial charge in [-0.05, 0) is 49.7 Å². The van der Waals surface area contributed by atoms with E-state index in [0.717, 1.165) is 19.4 Å². The number of carbonyl (C=O) groups is 1. The maximum atomic E-state index is 12.5. The van der Waals surface area contributed by atoms with Gasteiger partial charge >= 0.3 is 0 Å². The van der Waals surface area contributed by atoms with Crippen molar-refractivity contribution < 1.29 is 13.2 Å². The molecule has 1 heterocycles. The van der Waals surface area contributed by atoms with Gasteiger partial charge in [-0.15, -0.1) is 0 Å². The fourth-order valence-electron chi connectivity index (χ4n) is 2.83. The first-order chi connectivity index (χ1) is 12.0. The number of hydrogen-bond donors (Lipinski definition) is 3. The lowest BCUT2D eigenvalue weighted by molar-refractivity contribution is -0.116. The fraction of sp³-hybridized carbons (Fsp3) is 0.278. The van der Waals surface area contributed by atoms with E-state index in [1.165, 1.54) is 12.1 Å². The Morgan fingerprint density at radius 1 is 1.08 bits per heavy atom. The molecule has 2 aromatic rings. The summed E-state index contributed by atoms with van der Waals surface area (Å²) in [7, 11) is -3.71. The van der Waals surface area contributed by atoms with E-state index in [2.05, 4.69) is 15.4 Å². The van der Waals surface area contributed by atoms with Crippen molar-refractivity contribution in [2.24, 2.45) is 0 Å².